The molecule has 30 heavy (non-hydrogen) atoms. The van der Waals surface area contributed by atoms with Crippen LogP contribution < -0.4 is 15.1 Å². The van der Waals surface area contributed by atoms with Crippen molar-refractivity contribution in [3.05, 3.63) is 58.3 Å². The lowest BCUT2D eigenvalue weighted by molar-refractivity contribution is 0.587. The molecular formula is C21H18N4O4S. The number of nitrogens with one attached hydrogen (secondary N) is 1. The van der Waals surface area contributed by atoms with Crippen molar-refractivity contribution < 1.29 is 12.8 Å². The molecule has 2 aromatic carbocycles. The maximum Gasteiger partial charge on any atom is 0.208 e. The molecular weight excluding hydrogens is 404 g/mol. The van der Waals surface area contributed by atoms with E-state index in [0.717, 1.165) is 11.9 Å². The summed E-state index contributed by atoms with van der Waals surface area (Å²) in [5.41, 5.74) is 1.80. The van der Waals surface area contributed by atoms with E-state index in [2.05, 4.69) is 9.71 Å². The van der Waals surface area contributed by atoms with Gasteiger partial charge in [0, 0.05) is 42.7 Å². The van der Waals surface area contributed by atoms with E-state index < -0.39 is 10.0 Å². The number of nitriles is 1. The van der Waals surface area contributed by atoms with Gasteiger partial charge in [-0.3, -0.25) is 4.79 Å². The quantitative estimate of drug-likeness (QED) is 0.387. The second kappa shape index (κ2) is 7.40. The first-order valence-electron chi connectivity index (χ1n) is 9.13. The number of hydrogen-bond donors (Lipinski definition) is 1. The number of rotatable bonds is 5. The molecule has 4 rings (SSSR count). The number of benzene rings is 3. The Morgan fingerprint density at radius 1 is 1.20 bits per heavy atom. The van der Waals surface area contributed by atoms with E-state index in [1.54, 1.807) is 30.3 Å². The SMILES string of the molecule is CN(CCNS(C)(=O)=O)c1ccc2nc3c4ccccc4c(=O)c(C#N)c-3oc2c1. The van der Waals surface area contributed by atoms with Gasteiger partial charge >= 0.3 is 0 Å². The Hall–Kier alpha value is -3.48. The van der Waals surface area contributed by atoms with Gasteiger partial charge in [0.1, 0.15) is 22.8 Å². The maximum absolute atomic E-state index is 12.7. The molecule has 0 saturated heterocycles. The van der Waals surface area contributed by atoms with Gasteiger partial charge in [-0.2, -0.15) is 5.26 Å². The predicted molar refractivity (Wildman–Crippen MR) is 115 cm³/mol. The van der Waals surface area contributed by atoms with Crippen LogP contribution >= 0.6 is 0 Å². The summed E-state index contributed by atoms with van der Waals surface area (Å²) >= 11 is 0. The molecule has 152 valence electrons. The van der Waals surface area contributed by atoms with Crippen LogP contribution in [-0.2, 0) is 10.0 Å². The topological polar surface area (TPSA) is 116 Å². The first-order chi connectivity index (χ1) is 14.3. The van der Waals surface area contributed by atoms with Crippen LogP contribution in [0.25, 0.3) is 33.3 Å². The van der Waals surface area contributed by atoms with Crippen molar-refractivity contribution in [1.82, 2.24) is 9.71 Å². The average Bonchev–Trinajstić information content (AvgIpc) is 2.72. The lowest BCUT2D eigenvalue weighted by Crippen LogP contribution is -2.32. The smallest absolute Gasteiger partial charge is 0.208 e. The highest BCUT2D eigenvalue weighted by Crippen LogP contribution is 2.33. The van der Waals surface area contributed by atoms with Crippen LogP contribution in [0.5, 0.6) is 0 Å². The molecule has 0 spiro atoms. The van der Waals surface area contributed by atoms with E-state index in [1.165, 1.54) is 0 Å². The number of anilines is 1. The molecule has 0 atom stereocenters. The van der Waals surface area contributed by atoms with Gasteiger partial charge in [0.25, 0.3) is 0 Å². The lowest BCUT2D eigenvalue weighted by atomic mass is 10.00. The summed E-state index contributed by atoms with van der Waals surface area (Å²) in [5.74, 6) is 0.159. The van der Waals surface area contributed by atoms with Crippen LogP contribution in [0.4, 0.5) is 5.69 Å². The molecule has 1 aliphatic carbocycles. The van der Waals surface area contributed by atoms with Crippen LogP contribution in [0.1, 0.15) is 5.56 Å². The number of aromatic nitrogens is 1. The summed E-state index contributed by atoms with van der Waals surface area (Å²) in [6.07, 6.45) is 1.11. The number of sulfonamides is 1. The minimum Gasteiger partial charge on any atom is -0.451 e. The maximum atomic E-state index is 12.7. The molecule has 0 fully saturated rings. The Labute approximate surface area is 172 Å². The molecule has 1 N–H and O–H groups in total. The van der Waals surface area contributed by atoms with Gasteiger partial charge in [-0.05, 0) is 12.1 Å². The van der Waals surface area contributed by atoms with Crippen LogP contribution in [0, 0.1) is 11.3 Å². The molecule has 1 heterocycles. The Bertz CT molecular complexity index is 1450. The van der Waals surface area contributed by atoms with Crippen molar-refractivity contribution in [3.8, 4) is 17.5 Å². The summed E-state index contributed by atoms with van der Waals surface area (Å²) in [6, 6.07) is 14.4. The molecule has 1 aliphatic heterocycles. The van der Waals surface area contributed by atoms with Crippen LogP contribution in [-0.4, -0.2) is 39.8 Å². The number of likely N-dealkylation sites (N-methyl/N-ethyl adjacent to an activating group) is 1. The van der Waals surface area contributed by atoms with E-state index in [1.807, 2.05) is 30.1 Å². The van der Waals surface area contributed by atoms with Crippen LogP contribution in [0.2, 0.25) is 0 Å². The molecule has 0 aromatic heterocycles. The van der Waals surface area contributed by atoms with Gasteiger partial charge in [0.2, 0.25) is 15.5 Å². The third kappa shape index (κ3) is 3.58. The normalized spacial score (nSPS) is 11.8. The molecule has 0 radical (unpaired) electrons. The minimum absolute atomic E-state index is 0.0748. The first kappa shape index (κ1) is 19.8. The molecule has 0 bridgehead atoms. The first-order valence-corrected chi connectivity index (χ1v) is 11.0. The van der Waals surface area contributed by atoms with E-state index in [0.29, 0.717) is 34.1 Å². The van der Waals surface area contributed by atoms with E-state index >= 15 is 0 Å². The lowest BCUT2D eigenvalue weighted by Gasteiger charge is -2.20. The molecule has 0 unspecified atom stereocenters. The second-order valence-electron chi connectivity index (χ2n) is 6.99. The number of hydrogen-bond acceptors (Lipinski definition) is 7. The monoisotopic (exact) mass is 422 g/mol. The van der Waals surface area contributed by atoms with E-state index in [9.17, 15) is 18.5 Å². The summed E-state index contributed by atoms with van der Waals surface area (Å²) in [7, 11) is -1.43. The van der Waals surface area contributed by atoms with E-state index in [-0.39, 0.29) is 23.3 Å². The average molecular weight is 422 g/mol. The van der Waals surface area contributed by atoms with Gasteiger partial charge in [-0.25, -0.2) is 18.1 Å². The fourth-order valence-electron chi connectivity index (χ4n) is 3.35. The van der Waals surface area contributed by atoms with E-state index in [4.69, 9.17) is 4.42 Å². The number of nitrogens with zero attached hydrogens (tertiary/aromatic N) is 3. The Morgan fingerprint density at radius 3 is 2.63 bits per heavy atom. The number of fused-ring (bicyclic) bond motifs is 4. The van der Waals surface area contributed by atoms with Crippen molar-refractivity contribution in [2.24, 2.45) is 0 Å². The molecule has 0 amide bonds. The third-order valence-corrected chi connectivity index (χ3v) is 5.58. The fourth-order valence-corrected chi connectivity index (χ4v) is 3.81. The molecule has 9 heteroatoms. The highest BCUT2D eigenvalue weighted by atomic mass is 32.2. The standard InChI is InChI=1S/C21H18N4O4S/c1-25(10-9-23-30(2,27)28)13-7-8-17-18(11-13)29-21-16(12-22)20(26)15-6-4-3-5-14(15)19(21)24-17/h3-8,11,23H,9-10H2,1-2H3. The summed E-state index contributed by atoms with van der Waals surface area (Å²) < 4.78 is 30.9. The van der Waals surface area contributed by atoms with Crippen molar-refractivity contribution in [1.29, 1.82) is 5.26 Å². The zero-order valence-electron chi connectivity index (χ0n) is 16.3. The van der Waals surface area contributed by atoms with Crippen molar-refractivity contribution in [3.63, 3.8) is 0 Å². The van der Waals surface area contributed by atoms with Gasteiger partial charge in [-0.15, -0.1) is 0 Å². The van der Waals surface area contributed by atoms with Crippen LogP contribution in [0.3, 0.4) is 0 Å². The summed E-state index contributed by atoms with van der Waals surface area (Å²) in [4.78, 5) is 19.2. The van der Waals surface area contributed by atoms with Gasteiger partial charge in [0.05, 0.1) is 6.26 Å². The third-order valence-electron chi connectivity index (χ3n) is 4.85. The molecule has 0 saturated carbocycles. The van der Waals surface area contributed by atoms with Crippen LogP contribution in [0.15, 0.2) is 51.7 Å². The van der Waals surface area contributed by atoms with Gasteiger partial charge in [-0.1, -0.05) is 24.3 Å². The Kier molecular flexibility index (Phi) is 4.89. The molecule has 2 aliphatic rings. The van der Waals surface area contributed by atoms with Crippen molar-refractivity contribution in [2.45, 2.75) is 0 Å². The van der Waals surface area contributed by atoms with Gasteiger partial charge in [0.15, 0.2) is 11.3 Å². The molecule has 8 nitrogen and oxygen atoms in total. The van der Waals surface area contributed by atoms with Crippen molar-refractivity contribution >= 4 is 37.6 Å². The summed E-state index contributed by atoms with van der Waals surface area (Å²) in [5, 5.41) is 10.6. The molecule has 2 aromatic rings. The zero-order chi connectivity index (χ0) is 21.5. The highest BCUT2D eigenvalue weighted by Gasteiger charge is 2.22. The summed E-state index contributed by atoms with van der Waals surface area (Å²) in [6.45, 7) is 0.697. The predicted octanol–water partition coefficient (Wildman–Crippen LogP) is 2.30. The highest BCUT2D eigenvalue weighted by molar-refractivity contribution is 7.88. The fraction of sp³-hybridized carbons (Fsp3) is 0.190. The van der Waals surface area contributed by atoms with Gasteiger partial charge < -0.3 is 9.32 Å². The Morgan fingerprint density at radius 2 is 1.93 bits per heavy atom. The largest absolute Gasteiger partial charge is 0.451 e. The Balaban J connectivity index is 1.83. The minimum atomic E-state index is -3.26. The van der Waals surface area contributed by atoms with Crippen molar-refractivity contribution in [2.75, 3.05) is 31.3 Å². The second-order valence-corrected chi connectivity index (χ2v) is 8.83. The zero-order valence-corrected chi connectivity index (χ0v) is 17.2.